The van der Waals surface area contributed by atoms with Crippen molar-refractivity contribution < 1.29 is 0 Å². The molecule has 0 fully saturated rings. The molecule has 0 saturated carbocycles. The summed E-state index contributed by atoms with van der Waals surface area (Å²) >= 11 is 0. The molecular weight excluding hydrogens is 290 g/mol. The van der Waals surface area contributed by atoms with Gasteiger partial charge in [0.2, 0.25) is 0 Å². The largest absolute Gasteiger partial charge is 0.385 e. The lowest BCUT2D eigenvalue weighted by atomic mass is 10.0. The van der Waals surface area contributed by atoms with Crippen molar-refractivity contribution in [2.45, 2.75) is 103 Å². The molecule has 1 N–H and O–H groups in total. The zero-order valence-corrected chi connectivity index (χ0v) is 16.2. The van der Waals surface area contributed by atoms with Gasteiger partial charge in [0.25, 0.3) is 0 Å². The zero-order valence-electron chi connectivity index (χ0n) is 16.2. The second kappa shape index (κ2) is 16.9. The van der Waals surface area contributed by atoms with Crippen molar-refractivity contribution in [1.29, 1.82) is 0 Å². The minimum absolute atomic E-state index is 1.11. The Morgan fingerprint density at radius 1 is 0.542 bits per heavy atom. The van der Waals surface area contributed by atoms with E-state index in [1.807, 2.05) is 0 Å². The Labute approximate surface area is 151 Å². The molecular formula is C23H41N. The van der Waals surface area contributed by atoms with Crippen LogP contribution in [0.4, 0.5) is 5.69 Å². The molecule has 0 aliphatic carbocycles. The summed E-state index contributed by atoms with van der Waals surface area (Å²) in [5, 5.41) is 3.49. The Balaban J connectivity index is 1.70. The van der Waals surface area contributed by atoms with Crippen LogP contribution in [-0.4, -0.2) is 6.54 Å². The van der Waals surface area contributed by atoms with Gasteiger partial charge in [0.1, 0.15) is 0 Å². The van der Waals surface area contributed by atoms with E-state index < -0.39 is 0 Å². The highest BCUT2D eigenvalue weighted by Gasteiger charge is 1.94. The first-order valence-electron chi connectivity index (χ1n) is 10.7. The first-order chi connectivity index (χ1) is 11.9. The molecule has 0 aliphatic rings. The summed E-state index contributed by atoms with van der Waals surface area (Å²) < 4.78 is 0. The van der Waals surface area contributed by atoms with Gasteiger partial charge in [-0.2, -0.15) is 0 Å². The number of para-hydroxylation sites is 1. The Morgan fingerprint density at radius 3 is 1.42 bits per heavy atom. The van der Waals surface area contributed by atoms with Crippen LogP contribution in [0.5, 0.6) is 0 Å². The number of unbranched alkanes of at least 4 members (excludes halogenated alkanes) is 14. The van der Waals surface area contributed by atoms with Crippen molar-refractivity contribution in [2.24, 2.45) is 0 Å². The minimum Gasteiger partial charge on any atom is -0.385 e. The van der Waals surface area contributed by atoms with Crippen molar-refractivity contribution >= 4 is 5.69 Å². The maximum Gasteiger partial charge on any atom is 0.0340 e. The zero-order chi connectivity index (χ0) is 17.1. The van der Waals surface area contributed by atoms with Gasteiger partial charge in [-0.15, -0.1) is 0 Å². The molecule has 0 aliphatic heterocycles. The number of hydrogen-bond acceptors (Lipinski definition) is 1. The average Bonchev–Trinajstić information content (AvgIpc) is 2.62. The molecule has 0 spiro atoms. The van der Waals surface area contributed by atoms with Gasteiger partial charge in [-0.05, 0) is 18.6 Å². The second-order valence-electron chi connectivity index (χ2n) is 7.24. The summed E-state index contributed by atoms with van der Waals surface area (Å²) in [6, 6.07) is 10.5. The number of rotatable bonds is 17. The normalized spacial score (nSPS) is 10.9. The molecule has 0 radical (unpaired) electrons. The lowest BCUT2D eigenvalue weighted by Crippen LogP contribution is -2.00. The maximum atomic E-state index is 3.49. The molecule has 0 amide bonds. The van der Waals surface area contributed by atoms with Crippen molar-refractivity contribution in [3.63, 3.8) is 0 Å². The third kappa shape index (κ3) is 13.5. The highest BCUT2D eigenvalue weighted by molar-refractivity contribution is 5.42. The summed E-state index contributed by atoms with van der Waals surface area (Å²) in [4.78, 5) is 0. The molecule has 0 atom stereocenters. The fourth-order valence-corrected chi connectivity index (χ4v) is 3.29. The first kappa shape index (κ1) is 21.1. The molecule has 1 rings (SSSR count). The molecule has 1 aromatic carbocycles. The van der Waals surface area contributed by atoms with Crippen LogP contribution in [0.2, 0.25) is 0 Å². The van der Waals surface area contributed by atoms with E-state index in [4.69, 9.17) is 0 Å². The number of benzene rings is 1. The topological polar surface area (TPSA) is 12.0 Å². The van der Waals surface area contributed by atoms with Gasteiger partial charge >= 0.3 is 0 Å². The Hall–Kier alpha value is -0.980. The van der Waals surface area contributed by atoms with Crippen molar-refractivity contribution in [1.82, 2.24) is 0 Å². The van der Waals surface area contributed by atoms with Crippen LogP contribution in [-0.2, 0) is 0 Å². The molecule has 24 heavy (non-hydrogen) atoms. The molecule has 0 aromatic heterocycles. The van der Waals surface area contributed by atoms with E-state index in [0.717, 1.165) is 6.54 Å². The molecule has 1 heteroatoms. The van der Waals surface area contributed by atoms with Gasteiger partial charge in [-0.1, -0.05) is 115 Å². The molecule has 138 valence electrons. The molecule has 0 heterocycles. The highest BCUT2D eigenvalue weighted by Crippen LogP contribution is 2.13. The predicted molar refractivity (Wildman–Crippen MR) is 110 cm³/mol. The third-order valence-corrected chi connectivity index (χ3v) is 4.88. The molecule has 0 saturated heterocycles. The van der Waals surface area contributed by atoms with Crippen LogP contribution in [0.15, 0.2) is 30.3 Å². The minimum atomic E-state index is 1.11. The van der Waals surface area contributed by atoms with Gasteiger partial charge in [-0.25, -0.2) is 0 Å². The van der Waals surface area contributed by atoms with Gasteiger partial charge < -0.3 is 5.32 Å². The lowest BCUT2D eigenvalue weighted by Gasteiger charge is -2.06. The maximum absolute atomic E-state index is 3.49. The number of anilines is 1. The van der Waals surface area contributed by atoms with Crippen LogP contribution < -0.4 is 5.32 Å². The van der Waals surface area contributed by atoms with E-state index in [1.165, 1.54) is 102 Å². The van der Waals surface area contributed by atoms with Gasteiger partial charge in [0, 0.05) is 12.2 Å². The van der Waals surface area contributed by atoms with E-state index in [0.29, 0.717) is 0 Å². The lowest BCUT2D eigenvalue weighted by molar-refractivity contribution is 0.533. The highest BCUT2D eigenvalue weighted by atomic mass is 14.9. The summed E-state index contributed by atoms with van der Waals surface area (Å²) in [5.74, 6) is 0. The van der Waals surface area contributed by atoms with Gasteiger partial charge in [0.05, 0.1) is 0 Å². The molecule has 1 nitrogen and oxygen atoms in total. The number of hydrogen-bond donors (Lipinski definition) is 1. The second-order valence-corrected chi connectivity index (χ2v) is 7.24. The average molecular weight is 332 g/mol. The summed E-state index contributed by atoms with van der Waals surface area (Å²) in [6.07, 6.45) is 21.5. The van der Waals surface area contributed by atoms with Crippen LogP contribution >= 0.6 is 0 Å². The standard InChI is InChI=1S/C23H41N/c1-2-3-4-5-6-7-8-9-10-11-12-13-14-15-19-22-24-23-20-17-16-18-21-23/h16-18,20-21,24H,2-15,19,22H2,1H3. The Morgan fingerprint density at radius 2 is 0.958 bits per heavy atom. The Kier molecular flexibility index (Phi) is 14.8. The van der Waals surface area contributed by atoms with E-state index in [1.54, 1.807) is 0 Å². The molecule has 0 unspecified atom stereocenters. The van der Waals surface area contributed by atoms with Crippen LogP contribution in [0, 0.1) is 0 Å². The monoisotopic (exact) mass is 331 g/mol. The smallest absolute Gasteiger partial charge is 0.0340 e. The summed E-state index contributed by atoms with van der Waals surface area (Å²) in [5.41, 5.74) is 1.25. The first-order valence-corrected chi connectivity index (χ1v) is 10.7. The van der Waals surface area contributed by atoms with Crippen LogP contribution in [0.25, 0.3) is 0 Å². The summed E-state index contributed by atoms with van der Waals surface area (Å²) in [6.45, 7) is 3.41. The van der Waals surface area contributed by atoms with Crippen LogP contribution in [0.1, 0.15) is 103 Å². The quantitative estimate of drug-likeness (QED) is 0.285. The van der Waals surface area contributed by atoms with E-state index in [-0.39, 0.29) is 0 Å². The molecule has 1 aromatic rings. The van der Waals surface area contributed by atoms with E-state index >= 15 is 0 Å². The summed E-state index contributed by atoms with van der Waals surface area (Å²) in [7, 11) is 0. The predicted octanol–water partition coefficient (Wildman–Crippen LogP) is 7.97. The fraction of sp³-hybridized carbons (Fsp3) is 0.739. The van der Waals surface area contributed by atoms with E-state index in [2.05, 4.69) is 42.6 Å². The third-order valence-electron chi connectivity index (χ3n) is 4.88. The SMILES string of the molecule is CCCCCCCCCCCCCCCCCNc1ccccc1. The Bertz CT molecular complexity index is 346. The van der Waals surface area contributed by atoms with E-state index in [9.17, 15) is 0 Å². The van der Waals surface area contributed by atoms with Crippen molar-refractivity contribution in [2.75, 3.05) is 11.9 Å². The van der Waals surface area contributed by atoms with Crippen LogP contribution in [0.3, 0.4) is 0 Å². The fourth-order valence-electron chi connectivity index (χ4n) is 3.29. The van der Waals surface area contributed by atoms with Gasteiger partial charge in [-0.3, -0.25) is 0 Å². The van der Waals surface area contributed by atoms with Gasteiger partial charge in [0.15, 0.2) is 0 Å². The molecule has 0 bridgehead atoms. The van der Waals surface area contributed by atoms with Crippen molar-refractivity contribution in [3.8, 4) is 0 Å². The number of nitrogens with one attached hydrogen (secondary N) is 1. The van der Waals surface area contributed by atoms with Crippen molar-refractivity contribution in [3.05, 3.63) is 30.3 Å².